The fourth-order valence-electron chi connectivity index (χ4n) is 1.87. The Morgan fingerprint density at radius 1 is 1.71 bits per heavy atom. The van der Waals surface area contributed by atoms with Gasteiger partial charge in [0.2, 0.25) is 0 Å². The highest BCUT2D eigenvalue weighted by Gasteiger charge is 2.29. The predicted molar refractivity (Wildman–Crippen MR) is 60.1 cm³/mol. The Morgan fingerprint density at radius 3 is 3.00 bits per heavy atom. The van der Waals surface area contributed by atoms with E-state index in [0.29, 0.717) is 12.0 Å². The summed E-state index contributed by atoms with van der Waals surface area (Å²) < 4.78 is 28.8. The molecule has 0 aliphatic heterocycles. The van der Waals surface area contributed by atoms with Crippen LogP contribution < -0.4 is 0 Å². The van der Waals surface area contributed by atoms with E-state index in [2.05, 4.69) is 0 Å². The first-order chi connectivity index (χ1) is 8.04. The first-order valence-electron chi connectivity index (χ1n) is 6.67. The second kappa shape index (κ2) is 3.95. The molecule has 0 aromatic carbocycles. The summed E-state index contributed by atoms with van der Waals surface area (Å²) in [7, 11) is 0. The molecule has 76 valence electrons. The van der Waals surface area contributed by atoms with E-state index in [1.165, 1.54) is 0 Å². The maximum absolute atomic E-state index is 12.2. The maximum atomic E-state index is 12.2. The normalized spacial score (nSPS) is 26.4. The summed E-state index contributed by atoms with van der Waals surface area (Å²) >= 11 is 0. The van der Waals surface area contributed by atoms with Crippen molar-refractivity contribution >= 4 is 5.78 Å². The van der Waals surface area contributed by atoms with Crippen molar-refractivity contribution in [2.24, 2.45) is 5.41 Å². The number of hydrogen-bond donors (Lipinski definition) is 0. The lowest BCUT2D eigenvalue weighted by Gasteiger charge is -2.29. The summed E-state index contributed by atoms with van der Waals surface area (Å²) in [5.41, 5.74) is 0.987. The molecule has 1 aliphatic rings. The first kappa shape index (κ1) is 6.39. The van der Waals surface area contributed by atoms with Gasteiger partial charge in [-0.25, -0.2) is 0 Å². The van der Waals surface area contributed by atoms with Crippen LogP contribution in [0.25, 0.3) is 0 Å². The number of carbonyl (C=O) groups excluding carboxylic acids is 1. The van der Waals surface area contributed by atoms with Crippen LogP contribution in [0.2, 0.25) is 0 Å². The molecule has 0 radical (unpaired) electrons. The smallest absolute Gasteiger partial charge is 0.182 e. The minimum atomic E-state index is -2.39. The molecule has 1 rings (SSSR count). The summed E-state index contributed by atoms with van der Waals surface area (Å²) in [5, 5.41) is 0. The molecule has 1 aliphatic carbocycles. The van der Waals surface area contributed by atoms with Gasteiger partial charge in [0.1, 0.15) is 0 Å². The van der Waals surface area contributed by atoms with Gasteiger partial charge in [0.05, 0.1) is 1.37 Å². The summed E-state index contributed by atoms with van der Waals surface area (Å²) in [5.74, 6) is -0.488. The minimum absolute atomic E-state index is 0.356. The van der Waals surface area contributed by atoms with Crippen molar-refractivity contribution in [1.29, 1.82) is 0 Å². The molecular formula is C13H18O. The largest absolute Gasteiger partial charge is 0.290 e. The van der Waals surface area contributed by atoms with E-state index >= 15 is 0 Å². The van der Waals surface area contributed by atoms with Crippen molar-refractivity contribution in [3.8, 4) is 0 Å². The average molecular weight is 194 g/mol. The minimum Gasteiger partial charge on any atom is -0.290 e. The fourth-order valence-corrected chi connectivity index (χ4v) is 1.87. The van der Waals surface area contributed by atoms with Crippen LogP contribution in [0, 0.1) is 5.41 Å². The highest BCUT2D eigenvalue weighted by molar-refractivity contribution is 6.05. The monoisotopic (exact) mass is 194 g/mol. The lowest BCUT2D eigenvalue weighted by Crippen LogP contribution is -2.23. The molecule has 1 heteroatoms. The van der Waals surface area contributed by atoms with Crippen molar-refractivity contribution in [3.63, 3.8) is 0 Å². The van der Waals surface area contributed by atoms with Gasteiger partial charge in [-0.1, -0.05) is 32.1 Å². The molecule has 0 N–H and O–H groups in total. The van der Waals surface area contributed by atoms with Crippen molar-refractivity contribution < 1.29 is 10.3 Å². The van der Waals surface area contributed by atoms with E-state index in [9.17, 15) is 4.79 Å². The molecular weight excluding hydrogens is 172 g/mol. The third-order valence-corrected chi connectivity index (χ3v) is 2.50. The van der Waals surface area contributed by atoms with E-state index in [0.717, 1.165) is 11.6 Å². The number of rotatable bonds is 2. The highest BCUT2D eigenvalue weighted by Crippen LogP contribution is 2.37. The molecule has 0 saturated heterocycles. The van der Waals surface area contributed by atoms with E-state index in [-0.39, 0.29) is 5.41 Å². The number of carbonyl (C=O) groups is 1. The van der Waals surface area contributed by atoms with E-state index in [4.69, 9.17) is 5.48 Å². The summed E-state index contributed by atoms with van der Waals surface area (Å²) in [6.45, 7) is 3.27. The summed E-state index contributed by atoms with van der Waals surface area (Å²) in [6.07, 6.45) is 5.29. The standard InChI is InChI=1S/C13H18O/c1-5-7-11(14)12-10(2)8-6-9-13(12,3)4/h5-8H,9H2,1-4H3/b7-5+/i1D3,7D. The van der Waals surface area contributed by atoms with Crippen LogP contribution in [0.4, 0.5) is 0 Å². The second-order valence-electron chi connectivity index (χ2n) is 4.17. The summed E-state index contributed by atoms with van der Waals surface area (Å²) in [6, 6.07) is -0.451. The SMILES string of the molecule is [2H]/C(=C\C([2H])([2H])[2H])C(=O)C1=C(C)C=CCC1(C)C. The molecule has 14 heavy (non-hydrogen) atoms. The van der Waals surface area contributed by atoms with Crippen LogP contribution in [-0.4, -0.2) is 5.78 Å². The molecule has 0 amide bonds. The quantitative estimate of drug-likeness (QED) is 0.615. The molecule has 0 atom stereocenters. The Labute approximate surface area is 91.8 Å². The van der Waals surface area contributed by atoms with E-state index < -0.39 is 18.7 Å². The van der Waals surface area contributed by atoms with Gasteiger partial charge in [-0.05, 0) is 37.2 Å². The van der Waals surface area contributed by atoms with Crippen molar-refractivity contribution in [2.75, 3.05) is 0 Å². The molecule has 0 spiro atoms. The molecule has 0 saturated carbocycles. The maximum Gasteiger partial charge on any atom is 0.182 e. The zero-order chi connectivity index (χ0) is 14.1. The Bertz CT molecular complexity index is 450. The second-order valence-corrected chi connectivity index (χ2v) is 4.17. The summed E-state index contributed by atoms with van der Waals surface area (Å²) in [4.78, 5) is 12.2. The average Bonchev–Trinajstić information content (AvgIpc) is 2.12. The van der Waals surface area contributed by atoms with Gasteiger partial charge in [0.25, 0.3) is 0 Å². The van der Waals surface area contributed by atoms with Gasteiger partial charge >= 0.3 is 0 Å². The Balaban J connectivity index is 3.18. The Hall–Kier alpha value is -1.11. The van der Waals surface area contributed by atoms with Crippen LogP contribution >= 0.6 is 0 Å². The van der Waals surface area contributed by atoms with E-state index in [1.807, 2.05) is 32.9 Å². The Morgan fingerprint density at radius 2 is 2.43 bits per heavy atom. The molecule has 0 unspecified atom stereocenters. The lowest BCUT2D eigenvalue weighted by molar-refractivity contribution is -0.112. The van der Waals surface area contributed by atoms with Gasteiger partial charge in [-0.3, -0.25) is 4.79 Å². The van der Waals surface area contributed by atoms with Gasteiger partial charge in [0, 0.05) is 9.69 Å². The molecule has 0 aromatic rings. The molecule has 0 bridgehead atoms. The van der Waals surface area contributed by atoms with Gasteiger partial charge in [-0.2, -0.15) is 0 Å². The number of hydrogen-bond acceptors (Lipinski definition) is 1. The van der Waals surface area contributed by atoms with E-state index in [1.54, 1.807) is 0 Å². The third kappa shape index (κ3) is 2.03. The van der Waals surface area contributed by atoms with Crippen LogP contribution in [0.1, 0.15) is 39.5 Å². The van der Waals surface area contributed by atoms with Crippen LogP contribution in [-0.2, 0) is 4.79 Å². The van der Waals surface area contributed by atoms with Crippen LogP contribution in [0.3, 0.4) is 0 Å². The van der Waals surface area contributed by atoms with Gasteiger partial charge < -0.3 is 0 Å². The lowest BCUT2D eigenvalue weighted by atomic mass is 9.74. The predicted octanol–water partition coefficient (Wildman–Crippen LogP) is 3.43. The molecule has 0 heterocycles. The Kier molecular flexibility index (Phi) is 1.80. The molecule has 0 aromatic heterocycles. The number of ketones is 1. The van der Waals surface area contributed by atoms with Gasteiger partial charge in [-0.15, -0.1) is 0 Å². The highest BCUT2D eigenvalue weighted by atomic mass is 16.1. The zero-order valence-electron chi connectivity index (χ0n) is 12.8. The topological polar surface area (TPSA) is 17.1 Å². The van der Waals surface area contributed by atoms with Crippen LogP contribution in [0.15, 0.2) is 35.4 Å². The van der Waals surface area contributed by atoms with Crippen molar-refractivity contribution in [3.05, 3.63) is 35.4 Å². The fraction of sp³-hybridized carbons (Fsp3) is 0.462. The van der Waals surface area contributed by atoms with Crippen molar-refractivity contribution in [1.82, 2.24) is 0 Å². The third-order valence-electron chi connectivity index (χ3n) is 2.50. The molecule has 0 fully saturated rings. The zero-order valence-corrected chi connectivity index (χ0v) is 8.85. The van der Waals surface area contributed by atoms with Crippen LogP contribution in [0.5, 0.6) is 0 Å². The number of allylic oxidation sites excluding steroid dienone is 6. The first-order valence-corrected chi connectivity index (χ1v) is 4.67. The molecule has 1 nitrogen and oxygen atoms in total. The van der Waals surface area contributed by atoms with Crippen molar-refractivity contribution in [2.45, 2.75) is 34.0 Å². The van der Waals surface area contributed by atoms with Gasteiger partial charge in [0.15, 0.2) is 5.78 Å².